The van der Waals surface area contributed by atoms with Crippen molar-refractivity contribution < 1.29 is 4.39 Å². The minimum atomic E-state index is -0.159. The lowest BCUT2D eigenvalue weighted by molar-refractivity contribution is 0.615. The number of alkyl halides is 1. The lowest BCUT2D eigenvalue weighted by Crippen LogP contribution is -1.97. The number of rotatable bonds is 3. The molecule has 1 atom stereocenters. The topological polar surface area (TPSA) is 0 Å². The van der Waals surface area contributed by atoms with Crippen molar-refractivity contribution in [1.29, 1.82) is 0 Å². The standard InChI is InChI=1S/C15H13BrClF/c1-10-2-5-12(9-15(10)18)14(16)8-11-3-6-13(17)7-4-11/h2-7,9,14H,8H2,1H3. The average Bonchev–Trinajstić information content (AvgIpc) is 2.35. The van der Waals surface area contributed by atoms with Crippen molar-refractivity contribution in [1.82, 2.24) is 0 Å². The molecule has 0 aliphatic rings. The lowest BCUT2D eigenvalue weighted by Gasteiger charge is -2.11. The second-order valence-corrected chi connectivity index (χ2v) is 5.85. The van der Waals surface area contributed by atoms with Crippen molar-refractivity contribution in [3.8, 4) is 0 Å². The Labute approximate surface area is 120 Å². The molecule has 2 aromatic carbocycles. The predicted molar refractivity (Wildman–Crippen MR) is 78.0 cm³/mol. The number of aryl methyl sites for hydroxylation is 1. The number of hydrogen-bond acceptors (Lipinski definition) is 0. The molecule has 94 valence electrons. The van der Waals surface area contributed by atoms with Crippen molar-refractivity contribution in [2.75, 3.05) is 0 Å². The van der Waals surface area contributed by atoms with E-state index in [0.717, 1.165) is 17.0 Å². The molecule has 3 heteroatoms. The van der Waals surface area contributed by atoms with Crippen LogP contribution in [0.25, 0.3) is 0 Å². The molecule has 0 spiro atoms. The van der Waals surface area contributed by atoms with Crippen LogP contribution in [0.3, 0.4) is 0 Å². The second kappa shape index (κ2) is 5.85. The zero-order valence-electron chi connectivity index (χ0n) is 9.96. The number of halogens is 3. The first-order valence-corrected chi connectivity index (χ1v) is 7.00. The molecule has 0 saturated carbocycles. The fourth-order valence-electron chi connectivity index (χ4n) is 1.75. The van der Waals surface area contributed by atoms with Gasteiger partial charge in [0.05, 0.1) is 0 Å². The largest absolute Gasteiger partial charge is 0.207 e. The maximum Gasteiger partial charge on any atom is 0.126 e. The van der Waals surface area contributed by atoms with Crippen LogP contribution in [-0.4, -0.2) is 0 Å². The molecule has 0 heterocycles. The van der Waals surface area contributed by atoms with Crippen LogP contribution in [0.2, 0.25) is 5.02 Å². The van der Waals surface area contributed by atoms with Gasteiger partial charge < -0.3 is 0 Å². The highest BCUT2D eigenvalue weighted by atomic mass is 79.9. The molecule has 0 aliphatic heterocycles. The second-order valence-electron chi connectivity index (χ2n) is 4.31. The highest BCUT2D eigenvalue weighted by Crippen LogP contribution is 2.28. The van der Waals surface area contributed by atoms with Crippen LogP contribution < -0.4 is 0 Å². The molecule has 0 bridgehead atoms. The summed E-state index contributed by atoms with van der Waals surface area (Å²) in [5.41, 5.74) is 2.79. The fourth-order valence-corrected chi connectivity index (χ4v) is 2.53. The van der Waals surface area contributed by atoms with E-state index in [9.17, 15) is 4.39 Å². The van der Waals surface area contributed by atoms with Gasteiger partial charge in [0.1, 0.15) is 5.82 Å². The molecule has 0 aliphatic carbocycles. The molecule has 0 fully saturated rings. The summed E-state index contributed by atoms with van der Waals surface area (Å²) in [4.78, 5) is 0.105. The van der Waals surface area contributed by atoms with Crippen molar-refractivity contribution in [2.45, 2.75) is 18.2 Å². The molecule has 1 unspecified atom stereocenters. The highest BCUT2D eigenvalue weighted by molar-refractivity contribution is 9.09. The maximum absolute atomic E-state index is 13.5. The molecule has 2 aromatic rings. The highest BCUT2D eigenvalue weighted by Gasteiger charge is 2.10. The minimum Gasteiger partial charge on any atom is -0.207 e. The Bertz CT molecular complexity index is 537. The van der Waals surface area contributed by atoms with Gasteiger partial charge in [-0.3, -0.25) is 0 Å². The normalized spacial score (nSPS) is 12.4. The Morgan fingerprint density at radius 3 is 2.44 bits per heavy atom. The Hall–Kier alpha value is -0.860. The van der Waals surface area contributed by atoms with Crippen LogP contribution >= 0.6 is 27.5 Å². The van der Waals surface area contributed by atoms with Gasteiger partial charge in [0.2, 0.25) is 0 Å². The van der Waals surface area contributed by atoms with E-state index >= 15 is 0 Å². The molecule has 0 N–H and O–H groups in total. The minimum absolute atomic E-state index is 0.105. The van der Waals surface area contributed by atoms with Gasteiger partial charge in [-0.15, -0.1) is 0 Å². The van der Waals surface area contributed by atoms with Crippen molar-refractivity contribution in [3.05, 3.63) is 70.0 Å². The van der Waals surface area contributed by atoms with Gasteiger partial charge in [0, 0.05) is 9.85 Å². The summed E-state index contributed by atoms with van der Waals surface area (Å²) in [5.74, 6) is -0.159. The Kier molecular flexibility index (Phi) is 4.41. The number of benzene rings is 2. The zero-order valence-corrected chi connectivity index (χ0v) is 12.3. The molecule has 0 radical (unpaired) electrons. The van der Waals surface area contributed by atoms with Gasteiger partial charge in [0.25, 0.3) is 0 Å². The molecule has 2 rings (SSSR count). The first kappa shape index (κ1) is 13.6. The van der Waals surface area contributed by atoms with Crippen molar-refractivity contribution in [3.63, 3.8) is 0 Å². The summed E-state index contributed by atoms with van der Waals surface area (Å²) in [6, 6.07) is 13.1. The summed E-state index contributed by atoms with van der Waals surface area (Å²) in [6.07, 6.45) is 0.805. The average molecular weight is 328 g/mol. The summed E-state index contributed by atoms with van der Waals surface area (Å²) < 4.78 is 13.5. The van der Waals surface area contributed by atoms with Crippen LogP contribution in [-0.2, 0) is 6.42 Å². The first-order chi connectivity index (χ1) is 8.56. The molecular weight excluding hydrogens is 315 g/mol. The molecule has 18 heavy (non-hydrogen) atoms. The first-order valence-electron chi connectivity index (χ1n) is 5.71. The Morgan fingerprint density at radius 1 is 1.17 bits per heavy atom. The molecule has 0 saturated heterocycles. The van der Waals surface area contributed by atoms with E-state index in [1.54, 1.807) is 19.1 Å². The Balaban J connectivity index is 2.13. The monoisotopic (exact) mass is 326 g/mol. The van der Waals surface area contributed by atoms with Crippen LogP contribution in [0.5, 0.6) is 0 Å². The lowest BCUT2D eigenvalue weighted by atomic mass is 10.0. The van der Waals surface area contributed by atoms with Crippen LogP contribution in [0.1, 0.15) is 21.5 Å². The quantitative estimate of drug-likeness (QED) is 0.656. The van der Waals surface area contributed by atoms with Gasteiger partial charge in [-0.05, 0) is 48.2 Å². The van der Waals surface area contributed by atoms with Gasteiger partial charge >= 0.3 is 0 Å². The van der Waals surface area contributed by atoms with E-state index in [-0.39, 0.29) is 10.6 Å². The predicted octanol–water partition coefficient (Wildman–Crippen LogP) is 5.47. The Morgan fingerprint density at radius 2 is 1.83 bits per heavy atom. The van der Waals surface area contributed by atoms with E-state index in [4.69, 9.17) is 11.6 Å². The summed E-state index contributed by atoms with van der Waals surface area (Å²) >= 11 is 9.44. The molecule has 0 nitrogen and oxygen atoms in total. The molecular formula is C15H13BrClF. The van der Waals surface area contributed by atoms with E-state index in [1.165, 1.54) is 5.56 Å². The summed E-state index contributed by atoms with van der Waals surface area (Å²) in [5, 5.41) is 0.728. The van der Waals surface area contributed by atoms with Gasteiger partial charge in [-0.25, -0.2) is 4.39 Å². The van der Waals surface area contributed by atoms with Crippen LogP contribution in [0.4, 0.5) is 4.39 Å². The zero-order chi connectivity index (χ0) is 13.1. The maximum atomic E-state index is 13.5. The molecule has 0 amide bonds. The van der Waals surface area contributed by atoms with E-state index in [2.05, 4.69) is 15.9 Å². The molecule has 0 aromatic heterocycles. The number of hydrogen-bond donors (Lipinski definition) is 0. The van der Waals surface area contributed by atoms with Crippen LogP contribution in [0, 0.1) is 12.7 Å². The third-order valence-electron chi connectivity index (χ3n) is 2.89. The van der Waals surface area contributed by atoms with E-state index in [1.807, 2.05) is 30.3 Å². The third kappa shape index (κ3) is 3.33. The van der Waals surface area contributed by atoms with Gasteiger partial charge in [-0.1, -0.05) is 51.8 Å². The summed E-state index contributed by atoms with van der Waals surface area (Å²) in [7, 11) is 0. The van der Waals surface area contributed by atoms with E-state index in [0.29, 0.717) is 5.56 Å². The van der Waals surface area contributed by atoms with Crippen molar-refractivity contribution in [2.24, 2.45) is 0 Å². The summed E-state index contributed by atoms with van der Waals surface area (Å²) in [6.45, 7) is 1.77. The van der Waals surface area contributed by atoms with Gasteiger partial charge in [0.15, 0.2) is 0 Å². The smallest absolute Gasteiger partial charge is 0.126 e. The SMILES string of the molecule is Cc1ccc(C(Br)Cc2ccc(Cl)cc2)cc1F. The van der Waals surface area contributed by atoms with Crippen molar-refractivity contribution >= 4 is 27.5 Å². The fraction of sp³-hybridized carbons (Fsp3) is 0.200. The van der Waals surface area contributed by atoms with E-state index < -0.39 is 0 Å². The van der Waals surface area contributed by atoms with Gasteiger partial charge in [-0.2, -0.15) is 0 Å². The third-order valence-corrected chi connectivity index (χ3v) is 3.99. The van der Waals surface area contributed by atoms with Crippen LogP contribution in [0.15, 0.2) is 42.5 Å².